The minimum atomic E-state index is -4.30. The Kier molecular flexibility index (Phi) is 5.30. The van der Waals surface area contributed by atoms with Crippen LogP contribution in [0.3, 0.4) is 0 Å². The van der Waals surface area contributed by atoms with Gasteiger partial charge in [0.2, 0.25) is 0 Å². The van der Waals surface area contributed by atoms with Gasteiger partial charge in [0.25, 0.3) is 0 Å². The first-order valence-corrected chi connectivity index (χ1v) is 7.77. The molecule has 3 unspecified atom stereocenters. The number of benzene rings is 1. The lowest BCUT2D eigenvalue weighted by Crippen LogP contribution is -2.40. The molecule has 0 radical (unpaired) electrons. The van der Waals surface area contributed by atoms with Crippen molar-refractivity contribution in [1.29, 1.82) is 0 Å². The lowest BCUT2D eigenvalue weighted by molar-refractivity contribution is -0.206. The summed E-state index contributed by atoms with van der Waals surface area (Å²) in [6.45, 7) is 0. The van der Waals surface area contributed by atoms with Crippen molar-refractivity contribution < 1.29 is 22.7 Å². The van der Waals surface area contributed by atoms with E-state index in [0.717, 1.165) is 0 Å². The Labute approximate surface area is 129 Å². The van der Waals surface area contributed by atoms with Crippen LogP contribution in [0.1, 0.15) is 31.2 Å². The molecule has 1 aromatic rings. The molecule has 3 atom stereocenters. The van der Waals surface area contributed by atoms with Gasteiger partial charge in [0, 0.05) is 10.9 Å². The van der Waals surface area contributed by atoms with Crippen molar-refractivity contribution >= 4 is 15.9 Å². The fraction of sp³-hybridized carbons (Fsp3) is 0.600. The van der Waals surface area contributed by atoms with Crippen LogP contribution in [0.5, 0.6) is 0 Å². The van der Waals surface area contributed by atoms with E-state index in [0.29, 0.717) is 23.7 Å². The monoisotopic (exact) mass is 368 g/mol. The third-order valence-electron chi connectivity index (χ3n) is 4.18. The van der Waals surface area contributed by atoms with Gasteiger partial charge in [-0.2, -0.15) is 13.2 Å². The van der Waals surface area contributed by atoms with Crippen molar-refractivity contribution in [2.24, 2.45) is 11.8 Å². The summed E-state index contributed by atoms with van der Waals surface area (Å²) in [7, 11) is 0. The van der Waals surface area contributed by atoms with Gasteiger partial charge in [-0.25, -0.2) is 4.39 Å². The second-order valence-electron chi connectivity index (χ2n) is 5.60. The molecule has 0 heterocycles. The molecule has 0 aliphatic heterocycles. The Balaban J connectivity index is 2.12. The molecular weight excluding hydrogens is 352 g/mol. The Morgan fingerprint density at radius 1 is 1.24 bits per heavy atom. The van der Waals surface area contributed by atoms with Crippen LogP contribution in [0.15, 0.2) is 22.7 Å². The van der Waals surface area contributed by atoms with E-state index < -0.39 is 29.9 Å². The van der Waals surface area contributed by atoms with Crippen LogP contribution in [0.25, 0.3) is 0 Å². The Morgan fingerprint density at radius 2 is 1.90 bits per heavy atom. The number of halogens is 5. The van der Waals surface area contributed by atoms with Crippen molar-refractivity contribution in [3.8, 4) is 0 Å². The molecule has 21 heavy (non-hydrogen) atoms. The minimum absolute atomic E-state index is 0.0496. The summed E-state index contributed by atoms with van der Waals surface area (Å²) in [4.78, 5) is 0. The highest BCUT2D eigenvalue weighted by molar-refractivity contribution is 9.10. The smallest absolute Gasteiger partial charge is 0.392 e. The van der Waals surface area contributed by atoms with Gasteiger partial charge < -0.3 is 5.11 Å². The minimum Gasteiger partial charge on any atom is -0.392 e. The SMILES string of the molecule is OC(Cc1ccc(Br)cc1F)C1CCCCC1C(F)(F)F. The van der Waals surface area contributed by atoms with Gasteiger partial charge >= 0.3 is 6.18 Å². The second kappa shape index (κ2) is 6.65. The molecule has 0 saturated heterocycles. The standard InChI is InChI=1S/C15H17BrF4O/c16-10-6-5-9(13(17)8-10)7-14(21)11-3-1-2-4-12(11)15(18,19)20/h5-6,8,11-12,14,21H,1-4,7H2. The normalized spacial score (nSPS) is 24.9. The van der Waals surface area contributed by atoms with Gasteiger partial charge in [0.1, 0.15) is 5.82 Å². The Bertz CT molecular complexity index is 489. The molecule has 1 fully saturated rings. The molecule has 118 valence electrons. The van der Waals surface area contributed by atoms with Crippen LogP contribution in [0.4, 0.5) is 17.6 Å². The molecular formula is C15H17BrF4O. The highest BCUT2D eigenvalue weighted by atomic mass is 79.9. The first-order chi connectivity index (χ1) is 9.79. The molecule has 1 saturated carbocycles. The summed E-state index contributed by atoms with van der Waals surface area (Å²) >= 11 is 3.12. The topological polar surface area (TPSA) is 20.2 Å². The van der Waals surface area contributed by atoms with Crippen LogP contribution in [0.2, 0.25) is 0 Å². The van der Waals surface area contributed by atoms with Gasteiger partial charge in [-0.1, -0.05) is 34.8 Å². The number of hydrogen-bond donors (Lipinski definition) is 1. The predicted molar refractivity (Wildman–Crippen MR) is 75.3 cm³/mol. The van der Waals surface area contributed by atoms with Crippen molar-refractivity contribution in [3.05, 3.63) is 34.1 Å². The third-order valence-corrected chi connectivity index (χ3v) is 4.67. The van der Waals surface area contributed by atoms with Crippen LogP contribution in [-0.2, 0) is 6.42 Å². The molecule has 1 nitrogen and oxygen atoms in total. The van der Waals surface area contributed by atoms with Crippen LogP contribution in [-0.4, -0.2) is 17.4 Å². The highest BCUT2D eigenvalue weighted by Crippen LogP contribution is 2.43. The van der Waals surface area contributed by atoms with E-state index >= 15 is 0 Å². The summed E-state index contributed by atoms with van der Waals surface area (Å²) in [5.74, 6) is -2.84. The molecule has 1 aliphatic rings. The van der Waals surface area contributed by atoms with Gasteiger partial charge in [-0.05, 0) is 36.5 Å². The maximum Gasteiger partial charge on any atom is 0.392 e. The first-order valence-electron chi connectivity index (χ1n) is 6.97. The lowest BCUT2D eigenvalue weighted by Gasteiger charge is -2.36. The Hall–Kier alpha value is -0.620. The van der Waals surface area contributed by atoms with Crippen molar-refractivity contribution in [2.75, 3.05) is 0 Å². The summed E-state index contributed by atoms with van der Waals surface area (Å²) in [6.07, 6.45) is -3.97. The summed E-state index contributed by atoms with van der Waals surface area (Å²) in [5, 5.41) is 10.2. The zero-order valence-electron chi connectivity index (χ0n) is 11.3. The first kappa shape index (κ1) is 16.7. The number of aliphatic hydroxyl groups excluding tert-OH is 1. The largest absolute Gasteiger partial charge is 0.392 e. The van der Waals surface area contributed by atoms with Crippen molar-refractivity contribution in [1.82, 2.24) is 0 Å². The molecule has 1 N–H and O–H groups in total. The zero-order chi connectivity index (χ0) is 15.6. The lowest BCUT2D eigenvalue weighted by atomic mass is 9.74. The van der Waals surface area contributed by atoms with E-state index in [4.69, 9.17) is 0 Å². The summed E-state index contributed by atoms with van der Waals surface area (Å²) < 4.78 is 53.4. The number of aliphatic hydroxyl groups is 1. The highest BCUT2D eigenvalue weighted by Gasteiger charge is 2.47. The van der Waals surface area contributed by atoms with E-state index in [1.807, 2.05) is 0 Å². The maximum atomic E-state index is 13.7. The quantitative estimate of drug-likeness (QED) is 0.755. The zero-order valence-corrected chi connectivity index (χ0v) is 12.9. The molecule has 0 amide bonds. The van der Waals surface area contributed by atoms with E-state index in [-0.39, 0.29) is 18.4 Å². The molecule has 0 bridgehead atoms. The van der Waals surface area contributed by atoms with Crippen LogP contribution >= 0.6 is 15.9 Å². The molecule has 0 spiro atoms. The number of rotatable bonds is 3. The second-order valence-corrected chi connectivity index (χ2v) is 6.52. The molecule has 6 heteroatoms. The fourth-order valence-corrected chi connectivity index (χ4v) is 3.42. The summed E-state index contributed by atoms with van der Waals surface area (Å²) in [5.41, 5.74) is 0.247. The van der Waals surface area contributed by atoms with Crippen LogP contribution in [0, 0.1) is 17.7 Å². The van der Waals surface area contributed by atoms with Gasteiger partial charge in [0.05, 0.1) is 12.0 Å². The van der Waals surface area contributed by atoms with Gasteiger partial charge in [-0.3, -0.25) is 0 Å². The van der Waals surface area contributed by atoms with Gasteiger partial charge in [0.15, 0.2) is 0 Å². The molecule has 2 rings (SSSR count). The Morgan fingerprint density at radius 3 is 2.52 bits per heavy atom. The molecule has 1 aromatic carbocycles. The van der Waals surface area contributed by atoms with Crippen LogP contribution < -0.4 is 0 Å². The average molecular weight is 369 g/mol. The maximum absolute atomic E-state index is 13.7. The van der Waals surface area contributed by atoms with E-state index in [1.165, 1.54) is 12.1 Å². The predicted octanol–water partition coefficient (Wildman–Crippen LogP) is 4.86. The number of hydrogen-bond acceptors (Lipinski definition) is 1. The molecule has 1 aliphatic carbocycles. The van der Waals surface area contributed by atoms with E-state index in [2.05, 4.69) is 15.9 Å². The number of alkyl halides is 3. The third kappa shape index (κ3) is 4.19. The van der Waals surface area contributed by atoms with Crippen molar-refractivity contribution in [3.63, 3.8) is 0 Å². The average Bonchev–Trinajstić information content (AvgIpc) is 2.41. The van der Waals surface area contributed by atoms with E-state index in [1.54, 1.807) is 6.07 Å². The fourth-order valence-electron chi connectivity index (χ4n) is 3.09. The summed E-state index contributed by atoms with van der Waals surface area (Å²) in [6, 6.07) is 4.37. The van der Waals surface area contributed by atoms with Crippen molar-refractivity contribution in [2.45, 2.75) is 44.4 Å². The van der Waals surface area contributed by atoms with E-state index in [9.17, 15) is 22.7 Å². The molecule has 0 aromatic heterocycles. The van der Waals surface area contributed by atoms with Gasteiger partial charge in [-0.15, -0.1) is 0 Å².